The van der Waals surface area contributed by atoms with E-state index in [-0.39, 0.29) is 5.56 Å². The summed E-state index contributed by atoms with van der Waals surface area (Å²) in [7, 11) is 0. The van der Waals surface area contributed by atoms with E-state index in [9.17, 15) is 13.2 Å². The van der Waals surface area contributed by atoms with Crippen molar-refractivity contribution in [3.05, 3.63) is 70.7 Å². The lowest BCUT2D eigenvalue weighted by molar-refractivity contribution is -0.159. The number of benzene rings is 2. The maximum atomic E-state index is 13.3. The van der Waals surface area contributed by atoms with Crippen molar-refractivity contribution < 1.29 is 13.2 Å². The Labute approximate surface area is 126 Å². The molecule has 21 heavy (non-hydrogen) atoms. The number of hydrogen-bond acceptors (Lipinski definition) is 1. The summed E-state index contributed by atoms with van der Waals surface area (Å²) in [5.41, 5.74) is 0.954. The molecule has 0 aliphatic heterocycles. The van der Waals surface area contributed by atoms with Crippen LogP contribution in [0.3, 0.4) is 0 Å². The van der Waals surface area contributed by atoms with Gasteiger partial charge in [-0.1, -0.05) is 54.1 Å². The molecule has 0 radical (unpaired) electrons. The zero-order valence-corrected chi connectivity index (χ0v) is 12.1. The minimum absolute atomic E-state index is 0.200. The first-order valence-electron chi connectivity index (χ1n) is 6.51. The van der Waals surface area contributed by atoms with Gasteiger partial charge in [0.05, 0.1) is 0 Å². The average molecular weight is 314 g/mol. The van der Waals surface area contributed by atoms with Gasteiger partial charge in [0.25, 0.3) is 0 Å². The van der Waals surface area contributed by atoms with Crippen LogP contribution in [-0.4, -0.2) is 6.18 Å². The summed E-state index contributed by atoms with van der Waals surface area (Å²) >= 11 is 5.79. The van der Waals surface area contributed by atoms with Crippen LogP contribution in [0.15, 0.2) is 54.6 Å². The van der Waals surface area contributed by atoms with Gasteiger partial charge in [0, 0.05) is 11.1 Å². The predicted octanol–water partition coefficient (Wildman–Crippen LogP) is 5.29. The fourth-order valence-electron chi connectivity index (χ4n) is 2.12. The van der Waals surface area contributed by atoms with Gasteiger partial charge in [-0.05, 0) is 30.2 Å². The van der Waals surface area contributed by atoms with Crippen LogP contribution in [0, 0.1) is 0 Å². The molecule has 2 aromatic carbocycles. The van der Waals surface area contributed by atoms with E-state index in [4.69, 9.17) is 11.6 Å². The monoisotopic (exact) mass is 313 g/mol. The van der Waals surface area contributed by atoms with Crippen molar-refractivity contribution in [1.82, 2.24) is 5.32 Å². The molecule has 0 bridgehead atoms. The third kappa shape index (κ3) is 4.22. The molecule has 0 aliphatic carbocycles. The van der Waals surface area contributed by atoms with Gasteiger partial charge in [0.15, 0.2) is 0 Å². The van der Waals surface area contributed by atoms with Crippen molar-refractivity contribution in [1.29, 1.82) is 0 Å². The molecule has 112 valence electrons. The first-order chi connectivity index (χ1) is 9.88. The number of halogens is 4. The highest BCUT2D eigenvalue weighted by molar-refractivity contribution is 6.30. The second kappa shape index (κ2) is 6.50. The Kier molecular flexibility index (Phi) is 4.91. The maximum Gasteiger partial charge on any atom is 0.407 e. The summed E-state index contributed by atoms with van der Waals surface area (Å²) in [4.78, 5) is 0. The van der Waals surface area contributed by atoms with E-state index in [0.717, 1.165) is 5.56 Å². The lowest BCUT2D eigenvalue weighted by atomic mass is 10.0. The standard InChI is InChI=1S/C16H15ClF3N/c1-11(12-7-9-14(17)10-8-12)21-15(16(18,19)20)13-5-3-2-4-6-13/h2-11,15,21H,1H3/t11-,15?/m1/s1. The molecule has 0 heterocycles. The summed E-state index contributed by atoms with van der Waals surface area (Å²) in [6.07, 6.45) is -4.36. The number of alkyl halides is 3. The molecule has 0 fully saturated rings. The highest BCUT2D eigenvalue weighted by Crippen LogP contribution is 2.34. The number of nitrogens with one attached hydrogen (secondary N) is 1. The SMILES string of the molecule is C[C@@H](NC(c1ccccc1)C(F)(F)F)c1ccc(Cl)cc1. The van der Waals surface area contributed by atoms with E-state index in [1.54, 1.807) is 49.4 Å². The second-order valence-electron chi connectivity index (χ2n) is 4.83. The van der Waals surface area contributed by atoms with Gasteiger partial charge >= 0.3 is 6.18 Å². The molecule has 1 N–H and O–H groups in total. The molecule has 0 aliphatic rings. The second-order valence-corrected chi connectivity index (χ2v) is 5.26. The van der Waals surface area contributed by atoms with Crippen LogP contribution >= 0.6 is 11.6 Å². The number of hydrogen-bond donors (Lipinski definition) is 1. The fraction of sp³-hybridized carbons (Fsp3) is 0.250. The molecule has 2 aromatic rings. The largest absolute Gasteiger partial charge is 0.407 e. The topological polar surface area (TPSA) is 12.0 Å². The van der Waals surface area contributed by atoms with Crippen molar-refractivity contribution in [2.75, 3.05) is 0 Å². The van der Waals surface area contributed by atoms with E-state index in [2.05, 4.69) is 5.32 Å². The Morgan fingerprint density at radius 3 is 2.00 bits per heavy atom. The maximum absolute atomic E-state index is 13.3. The van der Waals surface area contributed by atoms with E-state index >= 15 is 0 Å². The highest BCUT2D eigenvalue weighted by Gasteiger charge is 2.41. The summed E-state index contributed by atoms with van der Waals surface area (Å²) in [5, 5.41) is 3.20. The summed E-state index contributed by atoms with van der Waals surface area (Å²) in [5.74, 6) is 0. The van der Waals surface area contributed by atoms with Gasteiger partial charge in [-0.15, -0.1) is 0 Å². The normalized spacial score (nSPS) is 14.7. The molecule has 2 rings (SSSR count). The van der Waals surface area contributed by atoms with Crippen LogP contribution in [0.5, 0.6) is 0 Å². The molecule has 0 saturated carbocycles. The Balaban J connectivity index is 2.21. The molecule has 2 atom stereocenters. The lowest BCUT2D eigenvalue weighted by Crippen LogP contribution is -2.35. The van der Waals surface area contributed by atoms with Crippen LogP contribution in [0.25, 0.3) is 0 Å². The third-order valence-corrected chi connectivity index (χ3v) is 3.50. The molecular formula is C16H15ClF3N. The van der Waals surface area contributed by atoms with Crippen molar-refractivity contribution in [3.63, 3.8) is 0 Å². The van der Waals surface area contributed by atoms with E-state index in [0.29, 0.717) is 5.02 Å². The first-order valence-corrected chi connectivity index (χ1v) is 6.89. The minimum Gasteiger partial charge on any atom is -0.296 e. The van der Waals surface area contributed by atoms with E-state index < -0.39 is 18.3 Å². The molecule has 1 unspecified atom stereocenters. The smallest absolute Gasteiger partial charge is 0.296 e. The quantitative estimate of drug-likeness (QED) is 0.808. The van der Waals surface area contributed by atoms with E-state index in [1.165, 1.54) is 12.1 Å². The van der Waals surface area contributed by atoms with Crippen LogP contribution in [0.2, 0.25) is 5.02 Å². The van der Waals surface area contributed by atoms with Crippen molar-refractivity contribution in [2.45, 2.75) is 25.2 Å². The minimum atomic E-state index is -4.36. The van der Waals surface area contributed by atoms with Gasteiger partial charge in [0.2, 0.25) is 0 Å². The molecular weight excluding hydrogens is 299 g/mol. The molecule has 0 aromatic heterocycles. The zero-order valence-electron chi connectivity index (χ0n) is 11.4. The van der Waals surface area contributed by atoms with Gasteiger partial charge < -0.3 is 0 Å². The van der Waals surface area contributed by atoms with Crippen LogP contribution in [0.4, 0.5) is 13.2 Å². The van der Waals surface area contributed by atoms with Gasteiger partial charge in [0.1, 0.15) is 6.04 Å². The third-order valence-electron chi connectivity index (χ3n) is 3.25. The average Bonchev–Trinajstić information content (AvgIpc) is 2.45. The summed E-state index contributed by atoms with van der Waals surface area (Å²) in [6, 6.07) is 12.5. The van der Waals surface area contributed by atoms with Crippen LogP contribution in [-0.2, 0) is 0 Å². The van der Waals surface area contributed by atoms with Crippen LogP contribution < -0.4 is 5.32 Å². The Hall–Kier alpha value is -1.52. The summed E-state index contributed by atoms with van der Waals surface area (Å²) < 4.78 is 39.8. The molecule has 5 heteroatoms. The Morgan fingerprint density at radius 2 is 1.48 bits per heavy atom. The molecule has 0 amide bonds. The first kappa shape index (κ1) is 15.9. The van der Waals surface area contributed by atoms with Crippen molar-refractivity contribution >= 4 is 11.6 Å². The van der Waals surface area contributed by atoms with Gasteiger partial charge in [-0.3, -0.25) is 5.32 Å². The van der Waals surface area contributed by atoms with Crippen molar-refractivity contribution in [2.24, 2.45) is 0 Å². The molecule has 1 nitrogen and oxygen atoms in total. The lowest BCUT2D eigenvalue weighted by Gasteiger charge is -2.26. The highest BCUT2D eigenvalue weighted by atomic mass is 35.5. The van der Waals surface area contributed by atoms with Gasteiger partial charge in [-0.25, -0.2) is 0 Å². The molecule has 0 spiro atoms. The Bertz CT molecular complexity index is 566. The van der Waals surface area contributed by atoms with Crippen LogP contribution in [0.1, 0.15) is 30.1 Å². The predicted molar refractivity (Wildman–Crippen MR) is 78.2 cm³/mol. The zero-order chi connectivity index (χ0) is 15.5. The van der Waals surface area contributed by atoms with Gasteiger partial charge in [-0.2, -0.15) is 13.2 Å². The Morgan fingerprint density at radius 1 is 0.905 bits per heavy atom. The van der Waals surface area contributed by atoms with E-state index in [1.807, 2.05) is 0 Å². The number of rotatable bonds is 4. The fourth-order valence-corrected chi connectivity index (χ4v) is 2.25. The van der Waals surface area contributed by atoms with Crippen molar-refractivity contribution in [3.8, 4) is 0 Å². The molecule has 0 saturated heterocycles. The summed E-state index contributed by atoms with van der Waals surface area (Å²) in [6.45, 7) is 1.70.